The number of nitrogens with zero attached hydrogens (tertiary/aromatic N) is 2. The normalized spacial score (nSPS) is 33.0. The molecular weight excluding hydrogens is 379 g/mol. The lowest BCUT2D eigenvalue weighted by atomic mass is 9.96. The molecule has 0 amide bonds. The van der Waals surface area contributed by atoms with Crippen LogP contribution in [0.15, 0.2) is 4.99 Å². The average Bonchev–Trinajstić information content (AvgIpc) is 3.11. The summed E-state index contributed by atoms with van der Waals surface area (Å²) >= 11 is 0. The second-order valence-electron chi connectivity index (χ2n) is 6.56. The van der Waals surface area contributed by atoms with E-state index >= 15 is 0 Å². The van der Waals surface area contributed by atoms with Crippen molar-refractivity contribution < 1.29 is 4.74 Å². The fourth-order valence-corrected chi connectivity index (χ4v) is 3.39. The highest BCUT2D eigenvalue weighted by molar-refractivity contribution is 14.0. The van der Waals surface area contributed by atoms with Crippen LogP contribution in [-0.4, -0.2) is 61.8 Å². The van der Waals surface area contributed by atoms with Gasteiger partial charge in [0.2, 0.25) is 0 Å². The molecule has 0 aromatic carbocycles. The van der Waals surface area contributed by atoms with Gasteiger partial charge in [-0.2, -0.15) is 0 Å². The number of guanidine groups is 1. The Morgan fingerprint density at radius 1 is 1.33 bits per heavy atom. The Kier molecular flexibility index (Phi) is 6.14. The molecule has 3 fully saturated rings. The highest BCUT2D eigenvalue weighted by Crippen LogP contribution is 2.34. The zero-order valence-corrected chi connectivity index (χ0v) is 15.7. The van der Waals surface area contributed by atoms with Crippen LogP contribution in [-0.2, 0) is 4.74 Å². The fourth-order valence-electron chi connectivity index (χ4n) is 3.39. The summed E-state index contributed by atoms with van der Waals surface area (Å²) < 4.78 is 5.88. The highest BCUT2D eigenvalue weighted by atomic mass is 127. The summed E-state index contributed by atoms with van der Waals surface area (Å²) in [6.45, 7) is 3.22. The van der Waals surface area contributed by atoms with Crippen molar-refractivity contribution in [2.45, 2.75) is 69.4 Å². The molecule has 122 valence electrons. The first-order valence-electron chi connectivity index (χ1n) is 8.02. The van der Waals surface area contributed by atoms with Crippen LogP contribution in [0.3, 0.4) is 0 Å². The van der Waals surface area contributed by atoms with Gasteiger partial charge in [0.1, 0.15) is 0 Å². The molecule has 4 atom stereocenters. The van der Waals surface area contributed by atoms with Gasteiger partial charge in [0.15, 0.2) is 5.96 Å². The standard InChI is InChI=1S/C15H28N4O.HI/c1-10(19(3)11-4-5-11)9-17-15(16-2)18-13-8-12-6-7-14(13)20-12;/h10-14H,4-9H2,1-3H3,(H2,16,17,18);1H. The third-order valence-corrected chi connectivity index (χ3v) is 5.03. The van der Waals surface area contributed by atoms with Crippen LogP contribution in [0.5, 0.6) is 0 Å². The Hall–Kier alpha value is -0.0800. The summed E-state index contributed by atoms with van der Waals surface area (Å²) in [4.78, 5) is 6.82. The van der Waals surface area contributed by atoms with Gasteiger partial charge in [0.25, 0.3) is 0 Å². The molecule has 0 radical (unpaired) electrons. The van der Waals surface area contributed by atoms with Crippen LogP contribution in [0.1, 0.15) is 39.0 Å². The molecule has 3 aliphatic rings. The summed E-state index contributed by atoms with van der Waals surface area (Å²) in [5.74, 6) is 0.919. The van der Waals surface area contributed by atoms with Crippen LogP contribution in [0, 0.1) is 0 Å². The van der Waals surface area contributed by atoms with Crippen molar-refractivity contribution in [1.29, 1.82) is 0 Å². The van der Waals surface area contributed by atoms with Crippen molar-refractivity contribution in [2.75, 3.05) is 20.6 Å². The summed E-state index contributed by atoms with van der Waals surface area (Å²) in [5.41, 5.74) is 0. The largest absolute Gasteiger partial charge is 0.373 e. The number of hydrogen-bond acceptors (Lipinski definition) is 3. The molecule has 2 heterocycles. The SMILES string of the molecule is CN=C(NCC(C)N(C)C1CC1)NC1CC2CCC1O2.I. The lowest BCUT2D eigenvalue weighted by molar-refractivity contribution is 0.0992. The van der Waals surface area contributed by atoms with Gasteiger partial charge >= 0.3 is 0 Å². The molecule has 1 saturated carbocycles. The first-order valence-corrected chi connectivity index (χ1v) is 8.02. The van der Waals surface area contributed by atoms with E-state index in [1.165, 1.54) is 25.7 Å². The Labute approximate surface area is 145 Å². The van der Waals surface area contributed by atoms with Gasteiger partial charge in [0.05, 0.1) is 18.2 Å². The monoisotopic (exact) mass is 408 g/mol. The van der Waals surface area contributed by atoms with Crippen molar-refractivity contribution >= 4 is 29.9 Å². The van der Waals surface area contributed by atoms with Crippen molar-refractivity contribution in [1.82, 2.24) is 15.5 Å². The van der Waals surface area contributed by atoms with Gasteiger partial charge < -0.3 is 15.4 Å². The lowest BCUT2D eigenvalue weighted by Gasteiger charge is -2.27. The Bertz CT molecular complexity index is 375. The van der Waals surface area contributed by atoms with Crippen molar-refractivity contribution in [3.05, 3.63) is 0 Å². The molecule has 1 aliphatic carbocycles. The van der Waals surface area contributed by atoms with E-state index in [-0.39, 0.29) is 24.0 Å². The number of ether oxygens (including phenoxy) is 1. The van der Waals surface area contributed by atoms with E-state index in [9.17, 15) is 0 Å². The zero-order chi connectivity index (χ0) is 14.1. The molecule has 2 bridgehead atoms. The maximum atomic E-state index is 5.88. The molecule has 6 heteroatoms. The van der Waals surface area contributed by atoms with Gasteiger partial charge in [-0.15, -0.1) is 24.0 Å². The van der Waals surface area contributed by atoms with E-state index in [0.717, 1.165) is 25.0 Å². The maximum Gasteiger partial charge on any atom is 0.191 e. The van der Waals surface area contributed by atoms with Gasteiger partial charge in [0, 0.05) is 25.7 Å². The molecule has 0 aromatic heterocycles. The predicted octanol–water partition coefficient (Wildman–Crippen LogP) is 1.57. The number of nitrogens with one attached hydrogen (secondary N) is 2. The fraction of sp³-hybridized carbons (Fsp3) is 0.933. The smallest absolute Gasteiger partial charge is 0.191 e. The quantitative estimate of drug-likeness (QED) is 0.412. The topological polar surface area (TPSA) is 48.9 Å². The number of halogens is 1. The van der Waals surface area contributed by atoms with Gasteiger partial charge in [-0.1, -0.05) is 0 Å². The van der Waals surface area contributed by atoms with E-state index in [0.29, 0.717) is 24.3 Å². The van der Waals surface area contributed by atoms with Crippen LogP contribution in [0.25, 0.3) is 0 Å². The molecule has 4 unspecified atom stereocenters. The van der Waals surface area contributed by atoms with Gasteiger partial charge in [-0.05, 0) is 46.1 Å². The minimum absolute atomic E-state index is 0. The molecule has 0 spiro atoms. The third kappa shape index (κ3) is 4.22. The number of hydrogen-bond donors (Lipinski definition) is 2. The van der Waals surface area contributed by atoms with Crippen molar-refractivity contribution in [3.8, 4) is 0 Å². The van der Waals surface area contributed by atoms with Crippen molar-refractivity contribution in [2.24, 2.45) is 4.99 Å². The van der Waals surface area contributed by atoms with Crippen molar-refractivity contribution in [3.63, 3.8) is 0 Å². The van der Waals surface area contributed by atoms with Crippen LogP contribution in [0.2, 0.25) is 0 Å². The predicted molar refractivity (Wildman–Crippen MR) is 96.5 cm³/mol. The molecule has 5 nitrogen and oxygen atoms in total. The minimum Gasteiger partial charge on any atom is -0.373 e. The maximum absolute atomic E-state index is 5.88. The summed E-state index contributed by atoms with van der Waals surface area (Å²) in [6, 6.07) is 1.79. The third-order valence-electron chi connectivity index (χ3n) is 5.03. The Morgan fingerprint density at radius 2 is 2.10 bits per heavy atom. The number of likely N-dealkylation sites (N-methyl/N-ethyl adjacent to an activating group) is 1. The minimum atomic E-state index is 0. The molecule has 0 aromatic rings. The first kappa shape index (κ1) is 17.3. The summed E-state index contributed by atoms with van der Waals surface area (Å²) in [7, 11) is 4.07. The molecule has 2 N–H and O–H groups in total. The molecular formula is C15H29IN4O. The number of fused-ring (bicyclic) bond motifs is 2. The van der Waals surface area contributed by atoms with E-state index < -0.39 is 0 Å². The highest BCUT2D eigenvalue weighted by Gasteiger charge is 2.41. The van der Waals surface area contributed by atoms with E-state index in [1.54, 1.807) is 0 Å². The lowest BCUT2D eigenvalue weighted by Crippen LogP contribution is -2.50. The molecule has 2 aliphatic heterocycles. The first-order chi connectivity index (χ1) is 9.67. The van der Waals surface area contributed by atoms with Crippen LogP contribution >= 0.6 is 24.0 Å². The zero-order valence-electron chi connectivity index (χ0n) is 13.3. The average molecular weight is 408 g/mol. The van der Waals surface area contributed by atoms with Gasteiger partial charge in [-0.3, -0.25) is 9.89 Å². The van der Waals surface area contributed by atoms with Crippen LogP contribution in [0.4, 0.5) is 0 Å². The molecule has 21 heavy (non-hydrogen) atoms. The second kappa shape index (κ2) is 7.46. The number of aliphatic imine (C=N–C) groups is 1. The van der Waals surface area contributed by atoms with E-state index in [2.05, 4.69) is 34.5 Å². The number of rotatable bonds is 5. The second-order valence-corrected chi connectivity index (χ2v) is 6.56. The summed E-state index contributed by atoms with van der Waals surface area (Å²) in [5, 5.41) is 6.99. The molecule has 2 saturated heterocycles. The van der Waals surface area contributed by atoms with Gasteiger partial charge in [-0.25, -0.2) is 0 Å². The Morgan fingerprint density at radius 3 is 2.62 bits per heavy atom. The summed E-state index contributed by atoms with van der Waals surface area (Å²) in [6.07, 6.45) is 7.15. The Balaban J connectivity index is 0.00000161. The van der Waals surface area contributed by atoms with E-state index in [4.69, 9.17) is 4.74 Å². The van der Waals surface area contributed by atoms with Crippen LogP contribution < -0.4 is 10.6 Å². The molecule has 3 rings (SSSR count). The van der Waals surface area contributed by atoms with E-state index in [1.807, 2.05) is 7.05 Å².